The minimum atomic E-state index is -0.623. The lowest BCUT2D eigenvalue weighted by Crippen LogP contribution is -2.19. The molecule has 0 unspecified atom stereocenters. The molecule has 0 bridgehead atoms. The average molecular weight is 533 g/mol. The monoisotopic (exact) mass is 531 g/mol. The lowest BCUT2D eigenvalue weighted by atomic mass is 10.2. The fourth-order valence-electron chi connectivity index (χ4n) is 1.91. The van der Waals surface area contributed by atoms with Gasteiger partial charge in [0.2, 0.25) is 0 Å². The number of rotatable bonds is 7. The van der Waals surface area contributed by atoms with Crippen molar-refractivity contribution >= 4 is 66.9 Å². The Morgan fingerprint density at radius 3 is 2.75 bits per heavy atom. The summed E-state index contributed by atoms with van der Waals surface area (Å²) in [4.78, 5) is 23.2. The molecule has 1 fully saturated rings. The molecule has 1 aliphatic rings. The summed E-state index contributed by atoms with van der Waals surface area (Å²) in [6.07, 6.45) is 4.20. The van der Waals surface area contributed by atoms with E-state index in [4.69, 9.17) is 9.47 Å². The largest absolute Gasteiger partial charge is 0.493 e. The maximum absolute atomic E-state index is 11.8. The van der Waals surface area contributed by atoms with Gasteiger partial charge in [0.1, 0.15) is 6.61 Å². The predicted molar refractivity (Wildman–Crippen MR) is 115 cm³/mol. The third-order valence-corrected chi connectivity index (χ3v) is 6.21. The fourth-order valence-corrected chi connectivity index (χ4v) is 3.59. The number of hydrogen-bond donors (Lipinski definition) is 1. The molecule has 2 rings (SSSR count). The van der Waals surface area contributed by atoms with Crippen LogP contribution in [-0.2, 0) is 14.3 Å². The Bertz CT molecular complexity index is 899. The zero-order chi connectivity index (χ0) is 20.7. The van der Waals surface area contributed by atoms with Gasteiger partial charge in [-0.05, 0) is 49.7 Å². The Kier molecular flexibility index (Phi) is 8.27. The molecule has 1 heterocycles. The van der Waals surface area contributed by atoms with Crippen LogP contribution in [0.4, 0.5) is 0 Å². The molecule has 1 aromatic rings. The molecule has 1 saturated heterocycles. The average Bonchev–Trinajstić information content (AvgIpc) is 3.03. The Balaban J connectivity index is 2.23. The van der Waals surface area contributed by atoms with Gasteiger partial charge in [-0.25, -0.2) is 4.79 Å². The quantitative estimate of drug-likeness (QED) is 0.190. The summed E-state index contributed by atoms with van der Waals surface area (Å²) in [7, 11) is 2.76. The molecular formula is C17H15Br2N3O5S. The van der Waals surface area contributed by atoms with E-state index in [1.54, 1.807) is 12.1 Å². The van der Waals surface area contributed by atoms with Crippen molar-refractivity contribution in [1.82, 2.24) is 5.32 Å². The van der Waals surface area contributed by atoms with Gasteiger partial charge >= 0.3 is 5.97 Å². The SMILES string of the molecule is C=CCOc1c(OC)cc(C=N/N=C2/NC(=O)/C(=C\C(=O)OC)S2)c(Br)c1Br. The lowest BCUT2D eigenvalue weighted by molar-refractivity contribution is -0.135. The van der Waals surface area contributed by atoms with Gasteiger partial charge in [0.25, 0.3) is 5.91 Å². The highest BCUT2D eigenvalue weighted by Crippen LogP contribution is 2.42. The van der Waals surface area contributed by atoms with E-state index in [1.165, 1.54) is 20.4 Å². The first kappa shape index (κ1) is 22.2. The summed E-state index contributed by atoms with van der Waals surface area (Å²) in [6.45, 7) is 3.94. The van der Waals surface area contributed by atoms with Crippen LogP contribution in [0.5, 0.6) is 11.5 Å². The second kappa shape index (κ2) is 10.4. The summed E-state index contributed by atoms with van der Waals surface area (Å²) in [5.41, 5.74) is 0.665. The molecule has 1 aliphatic heterocycles. The van der Waals surface area contributed by atoms with Gasteiger partial charge in [-0.2, -0.15) is 5.10 Å². The van der Waals surface area contributed by atoms with Gasteiger partial charge in [-0.3, -0.25) is 10.1 Å². The van der Waals surface area contributed by atoms with Crippen molar-refractivity contribution in [1.29, 1.82) is 0 Å². The molecule has 0 atom stereocenters. The van der Waals surface area contributed by atoms with E-state index in [-0.39, 0.29) is 10.1 Å². The van der Waals surface area contributed by atoms with E-state index in [9.17, 15) is 9.59 Å². The number of benzene rings is 1. The highest BCUT2D eigenvalue weighted by atomic mass is 79.9. The molecule has 11 heteroatoms. The number of hydrogen-bond acceptors (Lipinski definition) is 8. The standard InChI is InChI=1S/C17H15Br2N3O5S/c1-4-5-27-15-10(25-2)6-9(13(18)14(15)19)8-20-22-17-21-16(24)11(28-17)7-12(23)26-3/h4,6-8H,1,5H2,2-3H3,(H,21,22,24)/b11-7+,20-8?. The Morgan fingerprint density at radius 1 is 1.36 bits per heavy atom. The Labute approximate surface area is 182 Å². The first-order chi connectivity index (χ1) is 13.4. The fraction of sp³-hybridized carbons (Fsp3) is 0.176. The number of methoxy groups -OCH3 is 2. The van der Waals surface area contributed by atoms with Crippen LogP contribution >= 0.6 is 43.6 Å². The molecule has 0 aliphatic carbocycles. The van der Waals surface area contributed by atoms with Crippen LogP contribution in [0.15, 0.2) is 48.9 Å². The molecule has 1 aromatic carbocycles. The first-order valence-electron chi connectivity index (χ1n) is 7.60. The smallest absolute Gasteiger partial charge is 0.331 e. The predicted octanol–water partition coefficient (Wildman–Crippen LogP) is 3.39. The number of ether oxygens (including phenoxy) is 3. The van der Waals surface area contributed by atoms with Crippen molar-refractivity contribution in [2.75, 3.05) is 20.8 Å². The molecule has 0 aromatic heterocycles. The highest BCUT2D eigenvalue weighted by Gasteiger charge is 2.25. The van der Waals surface area contributed by atoms with Crippen LogP contribution in [0.25, 0.3) is 0 Å². The zero-order valence-electron chi connectivity index (χ0n) is 14.8. The van der Waals surface area contributed by atoms with Gasteiger partial charge in [0.05, 0.1) is 29.8 Å². The molecule has 0 spiro atoms. The van der Waals surface area contributed by atoms with Gasteiger partial charge in [0, 0.05) is 16.1 Å². The van der Waals surface area contributed by atoms with Gasteiger partial charge in [0.15, 0.2) is 16.7 Å². The molecule has 0 saturated carbocycles. The maximum atomic E-state index is 11.8. The minimum Gasteiger partial charge on any atom is -0.493 e. The summed E-state index contributed by atoms with van der Waals surface area (Å²) in [6, 6.07) is 1.72. The van der Waals surface area contributed by atoms with Crippen LogP contribution < -0.4 is 14.8 Å². The molecule has 148 valence electrons. The van der Waals surface area contributed by atoms with Crippen molar-refractivity contribution in [2.24, 2.45) is 10.2 Å². The molecule has 28 heavy (non-hydrogen) atoms. The van der Waals surface area contributed by atoms with Gasteiger partial charge < -0.3 is 14.2 Å². The van der Waals surface area contributed by atoms with E-state index in [1.807, 2.05) is 0 Å². The van der Waals surface area contributed by atoms with Gasteiger partial charge in [-0.15, -0.1) is 5.10 Å². The van der Waals surface area contributed by atoms with Crippen LogP contribution in [-0.4, -0.2) is 44.1 Å². The normalized spacial score (nSPS) is 16.5. The number of nitrogens with one attached hydrogen (secondary N) is 1. The molecule has 8 nitrogen and oxygen atoms in total. The highest BCUT2D eigenvalue weighted by molar-refractivity contribution is 9.13. The van der Waals surface area contributed by atoms with Gasteiger partial charge in [-0.1, -0.05) is 12.7 Å². The number of carbonyl (C=O) groups excluding carboxylic acids is 2. The van der Waals surface area contributed by atoms with E-state index in [0.717, 1.165) is 17.8 Å². The third-order valence-electron chi connectivity index (χ3n) is 3.17. The Hall–Kier alpha value is -2.11. The summed E-state index contributed by atoms with van der Waals surface area (Å²) < 4.78 is 16.8. The van der Waals surface area contributed by atoms with E-state index >= 15 is 0 Å². The zero-order valence-corrected chi connectivity index (χ0v) is 18.8. The van der Waals surface area contributed by atoms with Crippen molar-refractivity contribution in [3.05, 3.63) is 44.2 Å². The molecular weight excluding hydrogens is 518 g/mol. The molecule has 0 radical (unpaired) electrons. The third kappa shape index (κ3) is 5.46. The number of amides is 1. The van der Waals surface area contributed by atoms with Crippen LogP contribution in [0, 0.1) is 0 Å². The summed E-state index contributed by atoms with van der Waals surface area (Å²) >= 11 is 7.92. The van der Waals surface area contributed by atoms with Crippen molar-refractivity contribution < 1.29 is 23.8 Å². The number of thioether (sulfide) groups is 1. The second-order valence-corrected chi connectivity index (χ2v) is 7.58. The van der Waals surface area contributed by atoms with Crippen molar-refractivity contribution in [3.8, 4) is 11.5 Å². The maximum Gasteiger partial charge on any atom is 0.331 e. The number of halogens is 2. The molecule has 1 N–H and O–H groups in total. The summed E-state index contributed by atoms with van der Waals surface area (Å²) in [5, 5.41) is 10.7. The number of carbonyl (C=O) groups is 2. The number of amidine groups is 1. The van der Waals surface area contributed by atoms with Crippen LogP contribution in [0.1, 0.15) is 5.56 Å². The van der Waals surface area contributed by atoms with E-state index in [2.05, 4.69) is 58.7 Å². The Morgan fingerprint density at radius 2 is 2.11 bits per heavy atom. The van der Waals surface area contributed by atoms with Crippen molar-refractivity contribution in [3.63, 3.8) is 0 Å². The second-order valence-electron chi connectivity index (χ2n) is 4.96. The summed E-state index contributed by atoms with van der Waals surface area (Å²) in [5.74, 6) is -0.0486. The van der Waals surface area contributed by atoms with Crippen molar-refractivity contribution in [2.45, 2.75) is 0 Å². The lowest BCUT2D eigenvalue weighted by Gasteiger charge is -2.14. The van der Waals surface area contributed by atoms with E-state index in [0.29, 0.717) is 32.6 Å². The van der Waals surface area contributed by atoms with Crippen LogP contribution in [0.3, 0.4) is 0 Å². The van der Waals surface area contributed by atoms with E-state index < -0.39 is 11.9 Å². The number of esters is 1. The van der Waals surface area contributed by atoms with Crippen LogP contribution in [0.2, 0.25) is 0 Å². The molecule has 1 amide bonds. The number of nitrogens with zero attached hydrogens (tertiary/aromatic N) is 2. The minimum absolute atomic E-state index is 0.176. The first-order valence-corrected chi connectivity index (χ1v) is 10.0. The topological polar surface area (TPSA) is 98.6 Å².